The predicted octanol–water partition coefficient (Wildman–Crippen LogP) is 2.75. The Kier molecular flexibility index (Phi) is 13.0. The van der Waals surface area contributed by atoms with Gasteiger partial charge in [0, 0.05) is 32.9 Å². The van der Waals surface area contributed by atoms with Gasteiger partial charge in [-0.2, -0.15) is 0 Å². The molecular formula is C33H26CoN6NaO11S3+. The molecule has 0 amide bonds. The summed E-state index contributed by atoms with van der Waals surface area (Å²) in [5.74, 6) is -1.79. The van der Waals surface area contributed by atoms with Gasteiger partial charge in [-0.05, 0) is 47.9 Å². The average Bonchev–Trinajstić information content (AvgIpc) is 3.43. The van der Waals surface area contributed by atoms with Gasteiger partial charge in [-0.15, -0.1) is 20.5 Å². The van der Waals surface area contributed by atoms with Crippen LogP contribution in [0, 0.1) is 0 Å². The molecule has 281 valence electrons. The van der Waals surface area contributed by atoms with Crippen LogP contribution in [0.25, 0.3) is 21.5 Å². The minimum atomic E-state index is -4.07. The van der Waals surface area contributed by atoms with E-state index < -0.39 is 47.3 Å². The van der Waals surface area contributed by atoms with Crippen LogP contribution < -0.4 is 44.6 Å². The van der Waals surface area contributed by atoms with E-state index in [1.807, 2.05) is 12.1 Å². The van der Waals surface area contributed by atoms with Crippen molar-refractivity contribution in [3.8, 4) is 28.7 Å². The number of nitrogens with zero attached hydrogens (tertiary/aromatic N) is 4. The maximum atomic E-state index is 12.5. The van der Waals surface area contributed by atoms with Crippen LogP contribution in [0.1, 0.15) is 0 Å². The number of fused-ring (bicyclic) bond motifs is 4. The molecule has 1 aliphatic heterocycles. The fourth-order valence-corrected chi connectivity index (χ4v) is 7.49. The molecule has 0 atom stereocenters. The number of phenols is 4. The van der Waals surface area contributed by atoms with Gasteiger partial charge in [0.2, 0.25) is 29.9 Å². The predicted molar refractivity (Wildman–Crippen MR) is 191 cm³/mol. The molecule has 0 unspecified atom stereocenters. The number of hydrogen-bond donors (Lipinski definition) is 6. The monoisotopic (exact) mass is 860 g/mol. The van der Waals surface area contributed by atoms with E-state index in [4.69, 9.17) is 15.0 Å². The summed E-state index contributed by atoms with van der Waals surface area (Å²) in [5.41, 5.74) is -0.520. The molecule has 8 N–H and O–H groups in total. The molecule has 0 spiro atoms. The number of aromatic hydroxyl groups is 4. The van der Waals surface area contributed by atoms with Gasteiger partial charge in [0.05, 0.1) is 9.79 Å². The van der Waals surface area contributed by atoms with E-state index in [9.17, 15) is 45.7 Å². The third kappa shape index (κ3) is 9.07. The van der Waals surface area contributed by atoms with Crippen LogP contribution in [0.3, 0.4) is 0 Å². The fraction of sp³-hybridized carbons (Fsp3) is 0.0303. The van der Waals surface area contributed by atoms with Gasteiger partial charge in [0.1, 0.15) is 45.0 Å². The molecule has 0 bridgehead atoms. The molecule has 0 aliphatic carbocycles. The summed E-state index contributed by atoms with van der Waals surface area (Å²) in [6, 6.07) is 23.5. The average molecular weight is 861 g/mol. The smallest absolute Gasteiger partial charge is 0.506 e. The van der Waals surface area contributed by atoms with Crippen molar-refractivity contribution >= 4 is 74.2 Å². The van der Waals surface area contributed by atoms with Crippen LogP contribution in [0.5, 0.6) is 28.7 Å². The van der Waals surface area contributed by atoms with Crippen molar-refractivity contribution in [1.29, 1.82) is 0 Å². The van der Waals surface area contributed by atoms with Gasteiger partial charge in [0.25, 0.3) is 0 Å². The molecule has 7 rings (SSSR count). The SMILES string of the molecule is NS(=O)(=O)c1ccc(O)c(N=Nc2c(O)ccc3ccccc23)c1.NS(=O)(=O)c1ccc(O)c(N=Nc2c3c(c4ccccc4c2O)OCS3(=O)=O)c1.[Co].[Na+]. The Morgan fingerprint density at radius 1 is 0.600 bits per heavy atom. The Bertz CT molecular complexity index is 2880. The molecule has 6 aromatic rings. The van der Waals surface area contributed by atoms with Crippen molar-refractivity contribution < 1.29 is 96.8 Å². The van der Waals surface area contributed by atoms with Gasteiger partial charge in [-0.3, -0.25) is 0 Å². The third-order valence-electron chi connectivity index (χ3n) is 7.69. The third-order valence-corrected chi connectivity index (χ3v) is 10.9. The second-order valence-electron chi connectivity index (χ2n) is 11.2. The Hall–Kier alpha value is -4.68. The van der Waals surface area contributed by atoms with Crippen molar-refractivity contribution in [1.82, 2.24) is 0 Å². The summed E-state index contributed by atoms with van der Waals surface area (Å²) in [4.78, 5) is -0.857. The molecule has 0 aromatic heterocycles. The molecule has 0 saturated carbocycles. The largest absolute Gasteiger partial charge is 1.00 e. The summed E-state index contributed by atoms with van der Waals surface area (Å²) in [5, 5.41) is 68.0. The zero-order valence-corrected chi connectivity index (χ0v) is 33.6. The summed E-state index contributed by atoms with van der Waals surface area (Å²) >= 11 is 0. The van der Waals surface area contributed by atoms with Crippen molar-refractivity contribution in [3.63, 3.8) is 0 Å². The quantitative estimate of drug-likeness (QED) is 0.105. The zero-order chi connectivity index (χ0) is 38.3. The fourth-order valence-electron chi connectivity index (χ4n) is 5.15. The van der Waals surface area contributed by atoms with Gasteiger partial charge in [-0.1, -0.05) is 54.6 Å². The maximum Gasteiger partial charge on any atom is 1.00 e. The number of sulfone groups is 1. The molecule has 6 aromatic carbocycles. The Morgan fingerprint density at radius 3 is 1.62 bits per heavy atom. The topological polar surface area (TPSA) is 294 Å². The number of primary sulfonamides is 2. The second kappa shape index (κ2) is 16.6. The minimum absolute atomic E-state index is 0. The first-order chi connectivity index (χ1) is 25.0. The summed E-state index contributed by atoms with van der Waals surface area (Å²) in [6.07, 6.45) is 0. The Morgan fingerprint density at radius 2 is 1.07 bits per heavy atom. The number of rotatable bonds is 6. The normalized spacial score (nSPS) is 13.4. The molecule has 0 fully saturated rings. The van der Waals surface area contributed by atoms with Crippen LogP contribution in [0.15, 0.2) is 132 Å². The molecule has 1 radical (unpaired) electrons. The van der Waals surface area contributed by atoms with Crippen LogP contribution in [-0.2, 0) is 46.7 Å². The number of nitrogens with two attached hydrogens (primary N) is 2. The van der Waals surface area contributed by atoms with Gasteiger partial charge in [0.15, 0.2) is 17.4 Å². The maximum absolute atomic E-state index is 12.5. The number of azo groups is 2. The minimum Gasteiger partial charge on any atom is -0.506 e. The number of ether oxygens (including phenoxy) is 1. The van der Waals surface area contributed by atoms with Crippen molar-refractivity contribution in [3.05, 3.63) is 97.1 Å². The first kappa shape index (κ1) is 43.0. The molecular weight excluding hydrogens is 835 g/mol. The number of phenolic OH excluding ortho intramolecular Hbond substituents is 4. The summed E-state index contributed by atoms with van der Waals surface area (Å²) < 4.78 is 76.0. The first-order valence-electron chi connectivity index (χ1n) is 14.8. The zero-order valence-electron chi connectivity index (χ0n) is 28.1. The Balaban J connectivity index is 0.000000240. The van der Waals surface area contributed by atoms with E-state index in [-0.39, 0.29) is 101 Å². The van der Waals surface area contributed by atoms with Crippen LogP contribution in [0.2, 0.25) is 0 Å². The van der Waals surface area contributed by atoms with E-state index in [1.54, 1.807) is 42.5 Å². The van der Waals surface area contributed by atoms with Gasteiger partial charge < -0.3 is 25.2 Å². The van der Waals surface area contributed by atoms with E-state index >= 15 is 0 Å². The molecule has 17 nitrogen and oxygen atoms in total. The van der Waals surface area contributed by atoms with E-state index in [2.05, 4.69) is 20.5 Å². The molecule has 0 saturated heterocycles. The standard InChI is InChI=1S/C17H13N3O7S2.C16H13N3O4S.Co.Na/c18-29(25,26)9-5-6-13(21)12(7-9)19-20-14-15(22)10-3-1-2-4-11(10)16-17(14)28(23,24)8-27-16;17-24(22,23)11-6-8-14(20)13(9-11)18-19-16-12-4-2-1-3-10(12)5-7-15(16)21;;/h1-7,21-22H,8H2,(H2,18,25,26);1-9,20-21H,(H2,17,22,23);;/q;;;+1. The van der Waals surface area contributed by atoms with Crippen molar-refractivity contribution in [2.24, 2.45) is 30.7 Å². The summed E-state index contributed by atoms with van der Waals surface area (Å²) in [6.45, 7) is 0. The van der Waals surface area contributed by atoms with Gasteiger partial charge >= 0.3 is 29.6 Å². The second-order valence-corrected chi connectivity index (χ2v) is 16.2. The molecule has 1 heterocycles. The van der Waals surface area contributed by atoms with E-state index in [0.717, 1.165) is 35.7 Å². The molecule has 1 aliphatic rings. The van der Waals surface area contributed by atoms with E-state index in [1.165, 1.54) is 12.1 Å². The molecule has 55 heavy (non-hydrogen) atoms. The first-order valence-corrected chi connectivity index (χ1v) is 19.6. The van der Waals surface area contributed by atoms with Crippen LogP contribution >= 0.6 is 0 Å². The van der Waals surface area contributed by atoms with Crippen LogP contribution in [0.4, 0.5) is 22.7 Å². The Labute approximate surface area is 345 Å². The van der Waals surface area contributed by atoms with Gasteiger partial charge in [-0.25, -0.2) is 35.5 Å². The number of benzene rings is 6. The van der Waals surface area contributed by atoms with Crippen LogP contribution in [-0.4, -0.2) is 51.6 Å². The van der Waals surface area contributed by atoms with Crippen molar-refractivity contribution in [2.45, 2.75) is 14.7 Å². The summed E-state index contributed by atoms with van der Waals surface area (Å²) in [7, 11) is -11.9. The number of hydrogen-bond acceptors (Lipinski definition) is 15. The molecule has 22 heteroatoms. The van der Waals surface area contributed by atoms with Crippen molar-refractivity contribution in [2.75, 3.05) is 5.94 Å². The van der Waals surface area contributed by atoms with E-state index in [0.29, 0.717) is 16.2 Å². The number of sulfonamides is 2.